The molecule has 3 aromatic heterocycles. The summed E-state index contributed by atoms with van der Waals surface area (Å²) in [6, 6.07) is 19.8. The predicted octanol–water partition coefficient (Wildman–Crippen LogP) is 9.32. The van der Waals surface area contributed by atoms with Crippen molar-refractivity contribution in [2.45, 2.75) is 101 Å². The number of piperidine rings is 1. The fourth-order valence-corrected chi connectivity index (χ4v) is 12.0. The SMILES string of the molecule is OC12C=C(C3c4[nH]c5ccccc5c4CCN3CCc3nccc4c3[nH]c3ccccc34)C3CCN(CCCCC=CCC1)CC31CCC=CCCCCNC21. The predicted molar refractivity (Wildman–Crippen MR) is 230 cm³/mol. The number of aromatic amines is 2. The fourth-order valence-electron chi connectivity index (χ4n) is 12.0. The third-order valence-electron chi connectivity index (χ3n) is 14.5. The molecular weight excluding hydrogens is 689 g/mol. The summed E-state index contributed by atoms with van der Waals surface area (Å²) in [6.45, 7) is 6.17. The average molecular weight is 749 g/mol. The Morgan fingerprint density at radius 2 is 1.54 bits per heavy atom. The summed E-state index contributed by atoms with van der Waals surface area (Å²) in [5.74, 6) is 0.367. The highest BCUT2D eigenvalue weighted by molar-refractivity contribution is 6.07. The molecule has 4 N–H and O–H groups in total. The summed E-state index contributed by atoms with van der Waals surface area (Å²) < 4.78 is 0. The van der Waals surface area contributed by atoms with Crippen LogP contribution in [-0.2, 0) is 12.8 Å². The number of benzene rings is 2. The number of H-pyrrole nitrogens is 2. The molecule has 1 spiro atoms. The molecule has 1 aliphatic carbocycles. The Hall–Kier alpha value is -4.01. The molecule has 1 saturated heterocycles. The Bertz CT molecular complexity index is 2280. The van der Waals surface area contributed by atoms with E-state index in [1.807, 2.05) is 6.20 Å². The van der Waals surface area contributed by atoms with Crippen LogP contribution < -0.4 is 5.32 Å². The Morgan fingerprint density at radius 3 is 2.41 bits per heavy atom. The molecule has 292 valence electrons. The number of allylic oxidation sites excluding steroid dienone is 4. The van der Waals surface area contributed by atoms with Crippen LogP contribution >= 0.6 is 0 Å². The summed E-state index contributed by atoms with van der Waals surface area (Å²) in [7, 11) is 0. The van der Waals surface area contributed by atoms with Crippen molar-refractivity contribution in [3.8, 4) is 0 Å². The van der Waals surface area contributed by atoms with Gasteiger partial charge in [0, 0.05) is 76.6 Å². The minimum atomic E-state index is -0.961. The second kappa shape index (κ2) is 15.4. The molecule has 7 nitrogen and oxygen atoms in total. The van der Waals surface area contributed by atoms with Gasteiger partial charge < -0.3 is 25.3 Å². The largest absolute Gasteiger partial charge is 0.384 e. The Balaban J connectivity index is 1.12. The topological polar surface area (TPSA) is 83.2 Å². The fraction of sp³-hybridized carbons (Fsp3) is 0.490. The van der Waals surface area contributed by atoms with Crippen LogP contribution in [0.5, 0.6) is 0 Å². The maximum absolute atomic E-state index is 13.5. The molecule has 0 radical (unpaired) electrons. The van der Waals surface area contributed by atoms with Gasteiger partial charge in [0.25, 0.3) is 0 Å². The Morgan fingerprint density at radius 1 is 0.768 bits per heavy atom. The first-order chi connectivity index (χ1) is 27.6. The van der Waals surface area contributed by atoms with Gasteiger partial charge in [0.05, 0.1) is 22.9 Å². The summed E-state index contributed by atoms with van der Waals surface area (Å²) >= 11 is 0. The number of hydrogen-bond donors (Lipinski definition) is 4. The maximum Gasteiger partial charge on any atom is 0.0992 e. The number of hydrogen-bond acceptors (Lipinski definition) is 5. The number of aliphatic hydroxyl groups is 1. The van der Waals surface area contributed by atoms with Gasteiger partial charge in [-0.3, -0.25) is 9.88 Å². The van der Waals surface area contributed by atoms with Gasteiger partial charge in [-0.1, -0.05) is 66.8 Å². The normalized spacial score (nSPS) is 30.6. The average Bonchev–Trinajstić information content (AvgIpc) is 3.78. The second-order valence-electron chi connectivity index (χ2n) is 17.7. The quantitative estimate of drug-likeness (QED) is 0.138. The molecule has 4 aliphatic heterocycles. The molecule has 10 rings (SSSR count). The van der Waals surface area contributed by atoms with Crippen molar-refractivity contribution in [3.63, 3.8) is 0 Å². The van der Waals surface area contributed by atoms with E-state index < -0.39 is 5.60 Å². The summed E-state index contributed by atoms with van der Waals surface area (Å²) in [5, 5.41) is 21.6. The third-order valence-corrected chi connectivity index (χ3v) is 14.5. The van der Waals surface area contributed by atoms with Gasteiger partial charge in [-0.25, -0.2) is 0 Å². The number of aromatic nitrogens is 3. The Kier molecular flexibility index (Phi) is 9.99. The summed E-state index contributed by atoms with van der Waals surface area (Å²) in [4.78, 5) is 18.3. The molecule has 5 aliphatic rings. The molecule has 6 atom stereocenters. The van der Waals surface area contributed by atoms with E-state index in [-0.39, 0.29) is 17.5 Å². The van der Waals surface area contributed by atoms with E-state index in [1.54, 1.807) is 0 Å². The van der Waals surface area contributed by atoms with Crippen LogP contribution in [-0.4, -0.2) is 80.8 Å². The van der Waals surface area contributed by atoms with Crippen molar-refractivity contribution in [1.29, 1.82) is 0 Å². The molecule has 7 heterocycles. The van der Waals surface area contributed by atoms with E-state index in [4.69, 9.17) is 4.98 Å². The van der Waals surface area contributed by atoms with Gasteiger partial charge in [0.15, 0.2) is 0 Å². The zero-order chi connectivity index (χ0) is 37.5. The van der Waals surface area contributed by atoms with Crippen molar-refractivity contribution in [2.24, 2.45) is 11.3 Å². The lowest BCUT2D eigenvalue weighted by molar-refractivity contribution is -0.0924. The highest BCUT2D eigenvalue weighted by Crippen LogP contribution is 2.58. The maximum atomic E-state index is 13.5. The van der Waals surface area contributed by atoms with Crippen molar-refractivity contribution in [1.82, 2.24) is 30.1 Å². The van der Waals surface area contributed by atoms with Gasteiger partial charge >= 0.3 is 0 Å². The van der Waals surface area contributed by atoms with Gasteiger partial charge in [-0.15, -0.1) is 0 Å². The first-order valence-corrected chi connectivity index (χ1v) is 22.0. The zero-order valence-corrected chi connectivity index (χ0v) is 33.1. The first-order valence-electron chi connectivity index (χ1n) is 22.0. The molecule has 0 amide bonds. The summed E-state index contributed by atoms with van der Waals surface area (Å²) in [6.07, 6.45) is 28.0. The summed E-state index contributed by atoms with van der Waals surface area (Å²) in [5.41, 5.74) is 7.93. The van der Waals surface area contributed by atoms with Crippen LogP contribution in [0.25, 0.3) is 32.7 Å². The Labute approximate surface area is 332 Å². The van der Waals surface area contributed by atoms with E-state index in [0.29, 0.717) is 5.92 Å². The molecule has 6 unspecified atom stereocenters. The number of fused-ring (bicyclic) bond motifs is 7. The van der Waals surface area contributed by atoms with Gasteiger partial charge in [-0.05, 0) is 132 Å². The van der Waals surface area contributed by atoms with E-state index in [0.717, 1.165) is 115 Å². The molecule has 5 aromatic rings. The van der Waals surface area contributed by atoms with Crippen molar-refractivity contribution < 1.29 is 5.11 Å². The van der Waals surface area contributed by atoms with Crippen LogP contribution in [0.4, 0.5) is 0 Å². The third kappa shape index (κ3) is 6.49. The van der Waals surface area contributed by atoms with Crippen molar-refractivity contribution >= 4 is 32.7 Å². The zero-order valence-electron chi connectivity index (χ0n) is 33.1. The minimum Gasteiger partial charge on any atom is -0.384 e. The minimum absolute atomic E-state index is 0.00948. The highest BCUT2D eigenvalue weighted by Gasteiger charge is 2.60. The van der Waals surface area contributed by atoms with Gasteiger partial charge in [0.2, 0.25) is 0 Å². The van der Waals surface area contributed by atoms with Crippen LogP contribution in [0.2, 0.25) is 0 Å². The lowest BCUT2D eigenvalue weighted by Crippen LogP contribution is -2.69. The van der Waals surface area contributed by atoms with Crippen molar-refractivity contribution in [2.75, 3.05) is 39.3 Å². The van der Waals surface area contributed by atoms with Gasteiger partial charge in [0.1, 0.15) is 0 Å². The lowest BCUT2D eigenvalue weighted by Gasteiger charge is -2.61. The van der Waals surface area contributed by atoms with Gasteiger partial charge in [-0.2, -0.15) is 0 Å². The molecule has 1 fully saturated rings. The molecule has 56 heavy (non-hydrogen) atoms. The van der Waals surface area contributed by atoms with Crippen molar-refractivity contribution in [3.05, 3.63) is 114 Å². The number of para-hydroxylation sites is 2. The first kappa shape index (κ1) is 36.3. The number of nitrogens with one attached hydrogen (secondary N) is 3. The molecular formula is C49H60N6O. The van der Waals surface area contributed by atoms with E-state index in [1.165, 1.54) is 63.3 Å². The smallest absolute Gasteiger partial charge is 0.0992 e. The van der Waals surface area contributed by atoms with E-state index in [2.05, 4.69) is 110 Å². The monoisotopic (exact) mass is 748 g/mol. The van der Waals surface area contributed by atoms with Crippen LogP contribution in [0, 0.1) is 11.3 Å². The molecule has 2 aromatic carbocycles. The highest BCUT2D eigenvalue weighted by atomic mass is 16.3. The number of pyridine rings is 1. The molecule has 3 bridgehead atoms. The number of nitrogens with zero attached hydrogens (tertiary/aromatic N) is 3. The second-order valence-corrected chi connectivity index (χ2v) is 17.7. The lowest BCUT2D eigenvalue weighted by atomic mass is 9.52. The number of rotatable bonds is 4. The van der Waals surface area contributed by atoms with E-state index in [9.17, 15) is 5.11 Å². The molecule has 0 saturated carbocycles. The van der Waals surface area contributed by atoms with E-state index >= 15 is 0 Å². The van der Waals surface area contributed by atoms with Crippen LogP contribution in [0.3, 0.4) is 0 Å². The van der Waals surface area contributed by atoms with Crippen LogP contribution in [0.1, 0.15) is 93.6 Å². The standard InChI is InChI=1S/C49H60N6O/c56-49-26-14-6-2-4-8-16-29-54-30-23-40(48(34-54)25-13-5-1-3-7-15-27-51-47(48)49)39(33-49)46-45-38(36-18-10-12-20-42(36)53-45)22-31-55(46)32-24-43-44-37(21-28-50-43)35-17-9-11-19-41(35)52-44/h1-2,5-6,9-12,17-21,28,33,40,46-47,51-53,56H,3-4,7-8,13-16,22-27,29-32,34H2. The molecule has 7 heteroatoms. The van der Waals surface area contributed by atoms with Crippen LogP contribution in [0.15, 0.2) is 96.7 Å².